The predicted molar refractivity (Wildman–Crippen MR) is 278 cm³/mol. The van der Waals surface area contributed by atoms with Crippen molar-refractivity contribution in [3.63, 3.8) is 0 Å². The van der Waals surface area contributed by atoms with Crippen LogP contribution in [0.4, 0.5) is 11.4 Å². The Hall–Kier alpha value is -8.01. The largest absolute Gasteiger partial charge is 0.331 e. The number of benzene rings is 9. The molecule has 3 nitrogen and oxygen atoms in total. The average molecular weight is 844 g/mol. The molecule has 1 aliphatic heterocycles. The maximum Gasteiger partial charge on any atom is 0.0792 e. The summed E-state index contributed by atoms with van der Waals surface area (Å²) in [5, 5.41) is 9.59. The van der Waals surface area contributed by atoms with E-state index in [1.54, 1.807) is 0 Å². The van der Waals surface area contributed by atoms with E-state index in [9.17, 15) is 0 Å². The highest BCUT2D eigenvalue weighted by Crippen LogP contribution is 2.56. The van der Waals surface area contributed by atoms with E-state index < -0.39 is 0 Å². The Morgan fingerprint density at radius 3 is 1.97 bits per heavy atom. The van der Waals surface area contributed by atoms with Crippen LogP contribution in [0.1, 0.15) is 43.4 Å². The number of fused-ring (bicyclic) bond motifs is 12. The Morgan fingerprint density at radius 2 is 1.14 bits per heavy atom. The molecule has 0 fully saturated rings. The number of rotatable bonds is 4. The van der Waals surface area contributed by atoms with Crippen LogP contribution in [0.25, 0.3) is 93.3 Å². The second-order valence-corrected chi connectivity index (χ2v) is 19.2. The topological polar surface area (TPSA) is 21.1 Å². The molecule has 66 heavy (non-hydrogen) atoms. The molecular formula is C63H45N3. The van der Waals surface area contributed by atoms with Crippen molar-refractivity contribution in [3.05, 3.63) is 229 Å². The van der Waals surface area contributed by atoms with Crippen LogP contribution in [-0.2, 0) is 5.41 Å². The number of para-hydroxylation sites is 3. The van der Waals surface area contributed by atoms with Gasteiger partial charge in [-0.25, -0.2) is 0 Å². The molecule has 0 spiro atoms. The number of hydrogen-bond acceptors (Lipinski definition) is 2. The van der Waals surface area contributed by atoms with Gasteiger partial charge in [0.1, 0.15) is 0 Å². The molecular weight excluding hydrogens is 799 g/mol. The summed E-state index contributed by atoms with van der Waals surface area (Å²) in [4.78, 5) is 7.91. The molecule has 3 aliphatic rings. The van der Waals surface area contributed by atoms with Crippen molar-refractivity contribution in [2.24, 2.45) is 0 Å². The first kappa shape index (κ1) is 37.4. The number of aromatic nitrogens is 2. The molecule has 312 valence electrons. The number of pyridine rings is 1. The van der Waals surface area contributed by atoms with Crippen LogP contribution in [0, 0.1) is 0 Å². The van der Waals surface area contributed by atoms with Crippen LogP contribution in [0.3, 0.4) is 0 Å². The summed E-state index contributed by atoms with van der Waals surface area (Å²) in [5.41, 5.74) is 16.9. The van der Waals surface area contributed by atoms with Crippen LogP contribution in [-0.4, -0.2) is 15.1 Å². The van der Waals surface area contributed by atoms with Crippen molar-refractivity contribution in [3.8, 4) is 39.2 Å². The summed E-state index contributed by atoms with van der Waals surface area (Å²) in [6.45, 7) is 7.17. The Morgan fingerprint density at radius 1 is 0.485 bits per heavy atom. The van der Waals surface area contributed by atoms with E-state index in [2.05, 4.69) is 237 Å². The zero-order valence-electron chi connectivity index (χ0n) is 37.1. The molecule has 2 aromatic heterocycles. The van der Waals surface area contributed by atoms with Gasteiger partial charge in [-0.2, -0.15) is 0 Å². The van der Waals surface area contributed by atoms with Gasteiger partial charge >= 0.3 is 0 Å². The van der Waals surface area contributed by atoms with E-state index >= 15 is 0 Å². The van der Waals surface area contributed by atoms with Gasteiger partial charge in [0, 0.05) is 56.3 Å². The Labute approximate surface area is 384 Å². The third-order valence-corrected chi connectivity index (χ3v) is 15.4. The first-order chi connectivity index (χ1) is 32.4. The normalized spacial score (nSPS) is 17.8. The molecule has 3 heterocycles. The molecule has 9 aromatic carbocycles. The summed E-state index contributed by atoms with van der Waals surface area (Å²) >= 11 is 0. The fraction of sp³-hybridized carbons (Fsp3) is 0.0952. The van der Waals surface area contributed by atoms with Crippen molar-refractivity contribution in [2.75, 3.05) is 4.90 Å². The SMILES string of the molecule is CC1(C)c2ccccc2-c2ccc(-c3c4cc(N5c6ccccc6C6C=CC=CC65C)ccc4c(-c4nccc5ccccc45)c4cc(-n5c6ccccc6c6ccccc65)ccc34)cc21. The first-order valence-electron chi connectivity index (χ1n) is 23.2. The highest BCUT2D eigenvalue weighted by atomic mass is 15.2. The smallest absolute Gasteiger partial charge is 0.0792 e. The molecule has 0 radical (unpaired) electrons. The molecule has 0 amide bonds. The van der Waals surface area contributed by atoms with Gasteiger partial charge in [0.15, 0.2) is 0 Å². The minimum atomic E-state index is -0.274. The van der Waals surface area contributed by atoms with E-state index in [4.69, 9.17) is 4.98 Å². The second-order valence-electron chi connectivity index (χ2n) is 19.2. The summed E-state index contributed by atoms with van der Waals surface area (Å²) < 4.78 is 2.45. The van der Waals surface area contributed by atoms with Crippen molar-refractivity contribution in [2.45, 2.75) is 37.6 Å². The second kappa shape index (κ2) is 13.5. The highest BCUT2D eigenvalue weighted by molar-refractivity contribution is 6.24. The van der Waals surface area contributed by atoms with Gasteiger partial charge in [0.2, 0.25) is 0 Å². The van der Waals surface area contributed by atoms with Gasteiger partial charge in [0.05, 0.1) is 22.3 Å². The quantitative estimate of drug-likeness (QED) is 0.165. The lowest BCUT2D eigenvalue weighted by atomic mass is 9.80. The van der Waals surface area contributed by atoms with Crippen LogP contribution in [0.2, 0.25) is 0 Å². The zero-order valence-corrected chi connectivity index (χ0v) is 37.1. The van der Waals surface area contributed by atoms with Gasteiger partial charge in [-0.15, -0.1) is 0 Å². The standard InChI is InChI=1S/C63H45N3/c1-62(2)53-22-10-6-18-44(53)45-30-27-40(36-55(45)62)59-48-31-28-41(65-56-24-11-7-19-46(56)47-20-8-12-25-57(47)65)37-52(48)60(61-43-17-5-4-16-39(43)33-35-64-61)49-32-29-42(38-51(49)59)66-58-26-13-9-21-50(58)54-23-14-15-34-63(54,66)3/h4-38,54H,1-3H3. The molecule has 2 aliphatic carbocycles. The van der Waals surface area contributed by atoms with Gasteiger partial charge < -0.3 is 9.47 Å². The number of allylic oxidation sites excluding steroid dienone is 2. The molecule has 0 N–H and O–H groups in total. The Bertz CT molecular complexity index is 3900. The summed E-state index contributed by atoms with van der Waals surface area (Å²) in [5.74, 6) is 0.237. The minimum Gasteiger partial charge on any atom is -0.331 e. The summed E-state index contributed by atoms with van der Waals surface area (Å²) in [6, 6.07) is 68.1. The predicted octanol–water partition coefficient (Wildman–Crippen LogP) is 16.4. The summed E-state index contributed by atoms with van der Waals surface area (Å²) in [7, 11) is 0. The van der Waals surface area contributed by atoms with Crippen LogP contribution >= 0.6 is 0 Å². The van der Waals surface area contributed by atoms with Gasteiger partial charge in [-0.1, -0.05) is 166 Å². The lowest BCUT2D eigenvalue weighted by Crippen LogP contribution is -2.41. The lowest BCUT2D eigenvalue weighted by molar-refractivity contribution is 0.542. The molecule has 0 saturated carbocycles. The van der Waals surface area contributed by atoms with Crippen molar-refractivity contribution < 1.29 is 0 Å². The van der Waals surface area contributed by atoms with Crippen LogP contribution < -0.4 is 4.90 Å². The van der Waals surface area contributed by atoms with E-state index in [0.29, 0.717) is 0 Å². The molecule has 2 atom stereocenters. The van der Waals surface area contributed by atoms with Crippen molar-refractivity contribution in [1.82, 2.24) is 9.55 Å². The maximum absolute atomic E-state index is 5.32. The number of nitrogens with zero attached hydrogens (tertiary/aromatic N) is 3. The Balaban J connectivity index is 1.13. The van der Waals surface area contributed by atoms with E-state index in [-0.39, 0.29) is 16.9 Å². The first-order valence-corrected chi connectivity index (χ1v) is 23.2. The summed E-state index contributed by atoms with van der Waals surface area (Å²) in [6.07, 6.45) is 11.2. The average Bonchev–Trinajstić information content (AvgIpc) is 3.92. The van der Waals surface area contributed by atoms with Gasteiger partial charge in [-0.05, 0) is 127 Å². The van der Waals surface area contributed by atoms with E-state index in [0.717, 1.165) is 22.3 Å². The fourth-order valence-corrected chi connectivity index (χ4v) is 12.4. The molecule has 0 saturated heterocycles. The van der Waals surface area contributed by atoms with Crippen LogP contribution in [0.15, 0.2) is 212 Å². The van der Waals surface area contributed by atoms with E-state index in [1.165, 1.54) is 99.1 Å². The maximum atomic E-state index is 5.32. The number of anilines is 2. The van der Waals surface area contributed by atoms with Crippen LogP contribution in [0.5, 0.6) is 0 Å². The zero-order chi connectivity index (χ0) is 43.9. The monoisotopic (exact) mass is 843 g/mol. The third-order valence-electron chi connectivity index (χ3n) is 15.4. The van der Waals surface area contributed by atoms with Gasteiger partial charge in [0.25, 0.3) is 0 Å². The number of hydrogen-bond donors (Lipinski definition) is 0. The van der Waals surface area contributed by atoms with E-state index in [1.807, 2.05) is 6.20 Å². The third kappa shape index (κ3) is 5.00. The molecule has 3 heteroatoms. The highest BCUT2D eigenvalue weighted by Gasteiger charge is 2.47. The van der Waals surface area contributed by atoms with Crippen molar-refractivity contribution >= 4 is 65.5 Å². The fourth-order valence-electron chi connectivity index (χ4n) is 12.4. The minimum absolute atomic E-state index is 0.154. The van der Waals surface area contributed by atoms with Crippen molar-refractivity contribution in [1.29, 1.82) is 0 Å². The molecule has 14 rings (SSSR count). The molecule has 2 unspecified atom stereocenters. The molecule has 0 bridgehead atoms. The lowest BCUT2D eigenvalue weighted by Gasteiger charge is -2.39. The Kier molecular flexibility index (Phi) is 7.65. The molecule has 11 aromatic rings. The van der Waals surface area contributed by atoms with Gasteiger partial charge in [-0.3, -0.25) is 4.98 Å².